The average Bonchev–Trinajstić information content (AvgIpc) is 2.96. The number of nitrogens with two attached hydrogens (primary N) is 1. The van der Waals surface area contributed by atoms with Gasteiger partial charge in [-0.25, -0.2) is 0 Å². The molecule has 3 rings (SSSR count). The summed E-state index contributed by atoms with van der Waals surface area (Å²) in [6.07, 6.45) is 1.94. The summed E-state index contributed by atoms with van der Waals surface area (Å²) >= 11 is 0. The summed E-state index contributed by atoms with van der Waals surface area (Å²) in [5, 5.41) is 3.96. The Morgan fingerprint density at radius 2 is 2.33 bits per heavy atom. The molecule has 6 nitrogen and oxygen atoms in total. The summed E-state index contributed by atoms with van der Waals surface area (Å²) < 4.78 is 10.5. The minimum absolute atomic E-state index is 0.160. The second kappa shape index (κ2) is 5.73. The Morgan fingerprint density at radius 3 is 3.14 bits per heavy atom. The van der Waals surface area contributed by atoms with Crippen molar-refractivity contribution in [3.05, 3.63) is 35.5 Å². The maximum atomic E-state index is 6.06. The van der Waals surface area contributed by atoms with Gasteiger partial charge in [0.05, 0.1) is 6.54 Å². The van der Waals surface area contributed by atoms with Crippen molar-refractivity contribution in [2.24, 2.45) is 0 Å². The van der Waals surface area contributed by atoms with Crippen LogP contribution < -0.4 is 10.6 Å². The third kappa shape index (κ3) is 2.71. The molecule has 0 saturated heterocycles. The molecule has 1 aromatic heterocycles. The van der Waals surface area contributed by atoms with Crippen molar-refractivity contribution in [2.45, 2.75) is 32.4 Å². The van der Waals surface area contributed by atoms with Gasteiger partial charge >= 0.3 is 0 Å². The zero-order chi connectivity index (χ0) is 14.8. The second-order valence-corrected chi connectivity index (χ2v) is 5.29. The molecule has 2 aromatic rings. The standard InChI is InChI=1S/C15H20N4O2/c1-10(20-2)15-17-14(21-18-15)9-19-8-4-5-11-12(16)6-3-7-13(11)19/h3,6-7,10H,4-5,8-9,16H2,1-2H3. The van der Waals surface area contributed by atoms with Crippen molar-refractivity contribution in [1.82, 2.24) is 10.1 Å². The molecular formula is C15H20N4O2. The van der Waals surface area contributed by atoms with Crippen molar-refractivity contribution >= 4 is 11.4 Å². The Hall–Kier alpha value is -2.08. The fourth-order valence-electron chi connectivity index (χ4n) is 2.66. The molecule has 0 aliphatic carbocycles. The summed E-state index contributed by atoms with van der Waals surface area (Å²) in [4.78, 5) is 6.63. The zero-order valence-corrected chi connectivity index (χ0v) is 12.4. The molecule has 0 bridgehead atoms. The maximum Gasteiger partial charge on any atom is 0.246 e. The first-order valence-electron chi connectivity index (χ1n) is 7.16. The highest BCUT2D eigenvalue weighted by atomic mass is 16.5. The highest BCUT2D eigenvalue weighted by Crippen LogP contribution is 2.32. The van der Waals surface area contributed by atoms with Crippen molar-refractivity contribution in [2.75, 3.05) is 24.3 Å². The van der Waals surface area contributed by atoms with Gasteiger partial charge in [0.2, 0.25) is 5.89 Å². The van der Waals surface area contributed by atoms with Gasteiger partial charge in [0.25, 0.3) is 0 Å². The normalized spacial score (nSPS) is 15.8. The minimum Gasteiger partial charge on any atom is -0.398 e. The molecular weight excluding hydrogens is 268 g/mol. The van der Waals surface area contributed by atoms with Crippen molar-refractivity contribution in [3.63, 3.8) is 0 Å². The molecule has 1 aliphatic heterocycles. The van der Waals surface area contributed by atoms with Gasteiger partial charge in [-0.15, -0.1) is 0 Å². The molecule has 0 saturated carbocycles. The number of benzene rings is 1. The first kappa shape index (κ1) is 13.9. The summed E-state index contributed by atoms with van der Waals surface area (Å²) in [6.45, 7) is 3.46. The molecule has 1 aliphatic rings. The fraction of sp³-hybridized carbons (Fsp3) is 0.467. The number of nitrogens with zero attached hydrogens (tertiary/aromatic N) is 3. The molecule has 2 heterocycles. The van der Waals surface area contributed by atoms with Gasteiger partial charge in [-0.05, 0) is 37.5 Å². The number of methoxy groups -OCH3 is 1. The van der Waals surface area contributed by atoms with Gasteiger partial charge < -0.3 is 19.9 Å². The van der Waals surface area contributed by atoms with Crippen molar-refractivity contribution in [3.8, 4) is 0 Å². The molecule has 0 radical (unpaired) electrons. The minimum atomic E-state index is -0.160. The maximum absolute atomic E-state index is 6.06. The Kier molecular flexibility index (Phi) is 3.79. The number of ether oxygens (including phenoxy) is 1. The monoisotopic (exact) mass is 288 g/mol. The Morgan fingerprint density at radius 1 is 1.48 bits per heavy atom. The Bertz CT molecular complexity index is 626. The van der Waals surface area contributed by atoms with E-state index in [-0.39, 0.29) is 6.10 Å². The van der Waals surface area contributed by atoms with E-state index in [9.17, 15) is 0 Å². The van der Waals surface area contributed by atoms with E-state index in [1.165, 1.54) is 11.3 Å². The molecule has 112 valence electrons. The van der Waals surface area contributed by atoms with Crippen LogP contribution in [-0.2, 0) is 17.7 Å². The fourth-order valence-corrected chi connectivity index (χ4v) is 2.66. The number of fused-ring (bicyclic) bond motifs is 1. The molecule has 6 heteroatoms. The van der Waals surface area contributed by atoms with Crippen LogP contribution in [0.15, 0.2) is 22.7 Å². The number of rotatable bonds is 4. The summed E-state index contributed by atoms with van der Waals surface area (Å²) in [6, 6.07) is 6.03. The van der Waals surface area contributed by atoms with E-state index in [0.717, 1.165) is 25.1 Å². The predicted molar refractivity (Wildman–Crippen MR) is 79.9 cm³/mol. The smallest absolute Gasteiger partial charge is 0.246 e. The van der Waals surface area contributed by atoms with E-state index in [1.54, 1.807) is 7.11 Å². The molecule has 1 aromatic carbocycles. The molecule has 1 atom stereocenters. The first-order chi connectivity index (χ1) is 10.2. The first-order valence-corrected chi connectivity index (χ1v) is 7.16. The zero-order valence-electron chi connectivity index (χ0n) is 12.4. The van der Waals surface area contributed by atoms with E-state index >= 15 is 0 Å². The van der Waals surface area contributed by atoms with Gasteiger partial charge in [0.15, 0.2) is 5.82 Å². The molecule has 0 spiro atoms. The van der Waals surface area contributed by atoms with Crippen LogP contribution in [0.2, 0.25) is 0 Å². The number of aromatic nitrogens is 2. The average molecular weight is 288 g/mol. The van der Waals surface area contributed by atoms with Gasteiger partial charge in [0.1, 0.15) is 6.10 Å². The topological polar surface area (TPSA) is 77.4 Å². The predicted octanol–water partition coefficient (Wildman–Crippen LogP) is 2.31. The third-order valence-corrected chi connectivity index (χ3v) is 3.91. The molecule has 21 heavy (non-hydrogen) atoms. The van der Waals surface area contributed by atoms with Crippen LogP contribution in [0.25, 0.3) is 0 Å². The SMILES string of the molecule is COC(C)c1noc(CN2CCCc3c(N)cccc32)n1. The van der Waals surface area contributed by atoms with Crippen molar-refractivity contribution in [1.29, 1.82) is 0 Å². The van der Waals surface area contributed by atoms with Gasteiger partial charge in [0, 0.05) is 25.0 Å². The molecule has 0 fully saturated rings. The lowest BCUT2D eigenvalue weighted by Gasteiger charge is -2.30. The number of hydrogen-bond donors (Lipinski definition) is 1. The Balaban J connectivity index is 1.81. The lowest BCUT2D eigenvalue weighted by molar-refractivity contribution is 0.109. The summed E-state index contributed by atoms with van der Waals surface area (Å²) in [5.41, 5.74) is 9.31. The number of nitrogen functional groups attached to an aromatic ring is 1. The van der Waals surface area contributed by atoms with Crippen LogP contribution in [0, 0.1) is 0 Å². The molecule has 1 unspecified atom stereocenters. The molecule has 0 amide bonds. The van der Waals surface area contributed by atoms with Gasteiger partial charge in [-0.1, -0.05) is 11.2 Å². The highest BCUT2D eigenvalue weighted by Gasteiger charge is 2.21. The Labute approximate surface area is 123 Å². The third-order valence-electron chi connectivity index (χ3n) is 3.91. The van der Waals surface area contributed by atoms with Crippen LogP contribution in [0.4, 0.5) is 11.4 Å². The van der Waals surface area contributed by atoms with Crippen LogP contribution in [0.1, 0.15) is 36.7 Å². The van der Waals surface area contributed by atoms with Gasteiger partial charge in [-0.2, -0.15) is 4.98 Å². The lowest BCUT2D eigenvalue weighted by atomic mass is 10.00. The van der Waals surface area contributed by atoms with E-state index in [0.29, 0.717) is 18.3 Å². The quantitative estimate of drug-likeness (QED) is 0.870. The van der Waals surface area contributed by atoms with Crippen LogP contribution in [0.3, 0.4) is 0 Å². The van der Waals surface area contributed by atoms with E-state index < -0.39 is 0 Å². The molecule has 2 N–H and O–H groups in total. The van der Waals surface area contributed by atoms with E-state index in [2.05, 4.69) is 21.1 Å². The van der Waals surface area contributed by atoms with Crippen LogP contribution in [-0.4, -0.2) is 23.8 Å². The highest BCUT2D eigenvalue weighted by molar-refractivity contribution is 5.66. The number of hydrogen-bond acceptors (Lipinski definition) is 6. The lowest BCUT2D eigenvalue weighted by Crippen LogP contribution is -2.29. The van der Waals surface area contributed by atoms with E-state index in [1.807, 2.05) is 19.1 Å². The summed E-state index contributed by atoms with van der Waals surface area (Å²) in [7, 11) is 1.63. The summed E-state index contributed by atoms with van der Waals surface area (Å²) in [5.74, 6) is 1.18. The number of anilines is 2. The largest absolute Gasteiger partial charge is 0.398 e. The van der Waals surface area contributed by atoms with Crippen LogP contribution >= 0.6 is 0 Å². The van der Waals surface area contributed by atoms with E-state index in [4.69, 9.17) is 15.0 Å². The van der Waals surface area contributed by atoms with Gasteiger partial charge in [-0.3, -0.25) is 0 Å². The van der Waals surface area contributed by atoms with Crippen molar-refractivity contribution < 1.29 is 9.26 Å². The van der Waals surface area contributed by atoms with Crippen LogP contribution in [0.5, 0.6) is 0 Å². The second-order valence-electron chi connectivity index (χ2n) is 5.29.